The van der Waals surface area contributed by atoms with Crippen molar-refractivity contribution in [2.75, 3.05) is 18.1 Å². The zero-order valence-corrected chi connectivity index (χ0v) is 12.0. The van der Waals surface area contributed by atoms with Gasteiger partial charge in [-0.15, -0.1) is 0 Å². The van der Waals surface area contributed by atoms with Crippen LogP contribution in [0.25, 0.3) is 0 Å². The Balaban J connectivity index is 2.02. The number of phenolic OH excluding ortho intramolecular Hbond substituents is 1. The molecule has 5 nitrogen and oxygen atoms in total. The Hall–Kier alpha value is -1.79. The minimum absolute atomic E-state index is 0.217. The third-order valence-electron chi connectivity index (χ3n) is 3.25. The number of nitrogens with one attached hydrogen (secondary N) is 2. The topological polar surface area (TPSA) is 70.1 Å². The van der Waals surface area contributed by atoms with Crippen molar-refractivity contribution in [2.45, 2.75) is 18.1 Å². The van der Waals surface area contributed by atoms with E-state index < -0.39 is 0 Å². The van der Waals surface area contributed by atoms with Gasteiger partial charge in [-0.3, -0.25) is 0 Å². The number of aromatic hydroxyl groups is 1. The van der Waals surface area contributed by atoms with E-state index in [2.05, 4.69) is 20.6 Å². The molecule has 0 amide bonds. The van der Waals surface area contributed by atoms with Crippen LogP contribution >= 0.6 is 11.8 Å². The zero-order chi connectivity index (χ0) is 13.9. The summed E-state index contributed by atoms with van der Waals surface area (Å²) in [6, 6.07) is 7.16. The first-order valence-electron chi connectivity index (χ1n) is 6.47. The number of hydrogen-bond acceptors (Lipinski definition) is 6. The molecule has 2 heterocycles. The summed E-state index contributed by atoms with van der Waals surface area (Å²) in [7, 11) is 0. The van der Waals surface area contributed by atoms with Crippen LogP contribution in [0.5, 0.6) is 5.75 Å². The highest BCUT2D eigenvalue weighted by Crippen LogP contribution is 2.29. The van der Waals surface area contributed by atoms with Crippen molar-refractivity contribution in [1.29, 1.82) is 0 Å². The second-order valence-corrected chi connectivity index (χ2v) is 5.33. The van der Waals surface area contributed by atoms with Crippen molar-refractivity contribution in [2.24, 2.45) is 0 Å². The number of phenols is 1. The van der Waals surface area contributed by atoms with E-state index in [1.54, 1.807) is 12.1 Å². The smallest absolute Gasteiger partial charge is 0.189 e. The van der Waals surface area contributed by atoms with E-state index in [0.29, 0.717) is 5.69 Å². The van der Waals surface area contributed by atoms with Crippen LogP contribution in [0.15, 0.2) is 29.4 Å². The predicted molar refractivity (Wildman–Crippen MR) is 80.6 cm³/mol. The van der Waals surface area contributed by atoms with Crippen LogP contribution < -0.4 is 10.6 Å². The summed E-state index contributed by atoms with van der Waals surface area (Å²) in [5.41, 5.74) is 2.82. The number of hydrogen-bond donors (Lipinski definition) is 3. The highest BCUT2D eigenvalue weighted by Gasteiger charge is 2.18. The molecule has 0 atom stereocenters. The fourth-order valence-corrected chi connectivity index (χ4v) is 2.61. The van der Waals surface area contributed by atoms with Crippen molar-refractivity contribution >= 4 is 23.3 Å². The second-order valence-electron chi connectivity index (χ2n) is 4.55. The molecule has 104 valence electrons. The van der Waals surface area contributed by atoms with Gasteiger partial charge in [-0.05, 0) is 18.4 Å². The van der Waals surface area contributed by atoms with Gasteiger partial charge in [0.2, 0.25) is 0 Å². The molecule has 0 aliphatic carbocycles. The monoisotopic (exact) mass is 288 g/mol. The van der Waals surface area contributed by atoms with Gasteiger partial charge in [0.1, 0.15) is 11.6 Å². The van der Waals surface area contributed by atoms with Gasteiger partial charge in [0.15, 0.2) is 5.16 Å². The lowest BCUT2D eigenvalue weighted by Gasteiger charge is -2.20. The Bertz CT molecular complexity index is 633. The van der Waals surface area contributed by atoms with Gasteiger partial charge in [0.05, 0.1) is 11.4 Å². The molecule has 3 N–H and O–H groups in total. The number of nitrogens with zero attached hydrogens (tertiary/aromatic N) is 2. The van der Waals surface area contributed by atoms with Crippen LogP contribution in [-0.2, 0) is 13.0 Å². The van der Waals surface area contributed by atoms with Crippen LogP contribution in [0.1, 0.15) is 11.3 Å². The SMILES string of the molecule is CSc1nc2c(c(Nc3ccccc3O)n1)CNCC2. The summed E-state index contributed by atoms with van der Waals surface area (Å²) in [5.74, 6) is 0.988. The highest BCUT2D eigenvalue weighted by molar-refractivity contribution is 7.98. The fourth-order valence-electron chi connectivity index (χ4n) is 2.22. The molecule has 20 heavy (non-hydrogen) atoms. The number of thioether (sulfide) groups is 1. The van der Waals surface area contributed by atoms with Crippen molar-refractivity contribution in [3.63, 3.8) is 0 Å². The third kappa shape index (κ3) is 2.57. The normalized spacial score (nSPS) is 13.8. The number of fused-ring (bicyclic) bond motifs is 1. The first-order chi connectivity index (χ1) is 9.78. The Morgan fingerprint density at radius 1 is 1.30 bits per heavy atom. The largest absolute Gasteiger partial charge is 0.506 e. The van der Waals surface area contributed by atoms with Crippen molar-refractivity contribution in [1.82, 2.24) is 15.3 Å². The molecule has 0 radical (unpaired) electrons. The van der Waals surface area contributed by atoms with Gasteiger partial charge >= 0.3 is 0 Å². The number of anilines is 2. The Kier molecular flexibility index (Phi) is 3.75. The van der Waals surface area contributed by atoms with E-state index in [9.17, 15) is 5.11 Å². The zero-order valence-electron chi connectivity index (χ0n) is 11.2. The summed E-state index contributed by atoms with van der Waals surface area (Å²) in [6.07, 6.45) is 2.87. The Morgan fingerprint density at radius 2 is 2.15 bits per heavy atom. The van der Waals surface area contributed by atoms with E-state index in [1.807, 2.05) is 18.4 Å². The molecule has 3 rings (SSSR count). The van der Waals surface area contributed by atoms with E-state index in [1.165, 1.54) is 11.8 Å². The van der Waals surface area contributed by atoms with Crippen molar-refractivity contribution < 1.29 is 5.11 Å². The predicted octanol–water partition coefficient (Wildman–Crippen LogP) is 2.29. The minimum atomic E-state index is 0.217. The van der Waals surface area contributed by atoms with E-state index in [0.717, 1.165) is 41.7 Å². The average Bonchev–Trinajstić information content (AvgIpc) is 2.49. The van der Waals surface area contributed by atoms with Gasteiger partial charge < -0.3 is 15.7 Å². The molecule has 0 spiro atoms. The number of benzene rings is 1. The Morgan fingerprint density at radius 3 is 2.95 bits per heavy atom. The summed E-state index contributed by atoms with van der Waals surface area (Å²) in [4.78, 5) is 9.10. The summed E-state index contributed by atoms with van der Waals surface area (Å²) in [6.45, 7) is 1.69. The standard InChI is InChI=1S/C14H16N4OS/c1-20-14-17-10-6-7-15-8-9(10)13(18-14)16-11-4-2-3-5-12(11)19/h2-5,15,19H,6-8H2,1H3,(H,16,17,18). The van der Waals surface area contributed by atoms with Gasteiger partial charge in [-0.2, -0.15) is 0 Å². The molecule has 0 unspecified atom stereocenters. The molecule has 0 saturated heterocycles. The Labute approximate surface area is 121 Å². The highest BCUT2D eigenvalue weighted by atomic mass is 32.2. The molecular weight excluding hydrogens is 272 g/mol. The maximum Gasteiger partial charge on any atom is 0.189 e. The molecule has 1 aromatic heterocycles. The van der Waals surface area contributed by atoms with Crippen molar-refractivity contribution in [3.05, 3.63) is 35.5 Å². The first kappa shape index (κ1) is 13.2. The summed E-state index contributed by atoms with van der Waals surface area (Å²) >= 11 is 1.53. The average molecular weight is 288 g/mol. The molecule has 2 aromatic rings. The molecule has 0 bridgehead atoms. The molecule has 1 aromatic carbocycles. The lowest BCUT2D eigenvalue weighted by molar-refractivity contribution is 0.477. The molecule has 6 heteroatoms. The molecule has 1 aliphatic rings. The lowest BCUT2D eigenvalue weighted by atomic mass is 10.1. The van der Waals surface area contributed by atoms with E-state index in [-0.39, 0.29) is 5.75 Å². The number of aromatic nitrogens is 2. The van der Waals surface area contributed by atoms with Gasteiger partial charge in [0.25, 0.3) is 0 Å². The van der Waals surface area contributed by atoms with Crippen LogP contribution in [0.4, 0.5) is 11.5 Å². The quantitative estimate of drug-likeness (QED) is 0.457. The van der Waals surface area contributed by atoms with Crippen LogP contribution in [-0.4, -0.2) is 27.9 Å². The second kappa shape index (κ2) is 5.68. The maximum absolute atomic E-state index is 9.88. The van der Waals surface area contributed by atoms with Gasteiger partial charge in [-0.25, -0.2) is 9.97 Å². The summed E-state index contributed by atoms with van der Waals surface area (Å²) in [5, 5.41) is 17.2. The maximum atomic E-state index is 9.88. The van der Waals surface area contributed by atoms with Gasteiger partial charge in [-0.1, -0.05) is 23.9 Å². The molecule has 0 saturated carbocycles. The first-order valence-corrected chi connectivity index (χ1v) is 7.70. The summed E-state index contributed by atoms with van der Waals surface area (Å²) < 4.78 is 0. The van der Waals surface area contributed by atoms with Crippen molar-refractivity contribution in [3.8, 4) is 5.75 Å². The number of rotatable bonds is 3. The lowest BCUT2D eigenvalue weighted by Crippen LogP contribution is -2.26. The van der Waals surface area contributed by atoms with Crippen LogP contribution in [0, 0.1) is 0 Å². The van der Waals surface area contributed by atoms with E-state index >= 15 is 0 Å². The van der Waals surface area contributed by atoms with E-state index in [4.69, 9.17) is 0 Å². The minimum Gasteiger partial charge on any atom is -0.506 e. The van der Waals surface area contributed by atoms with Crippen LogP contribution in [0.3, 0.4) is 0 Å². The molecular formula is C14H16N4OS. The number of para-hydroxylation sites is 2. The third-order valence-corrected chi connectivity index (χ3v) is 3.80. The molecule has 0 fully saturated rings. The molecule has 1 aliphatic heterocycles. The fraction of sp³-hybridized carbons (Fsp3) is 0.286. The van der Waals surface area contributed by atoms with Crippen LogP contribution in [0.2, 0.25) is 0 Å². The van der Waals surface area contributed by atoms with Gasteiger partial charge in [0, 0.05) is 25.1 Å².